The standard InChI is InChI=1S/C16H16N4O4S2/c1-17-26(22,23)12-6-4-11(5-7-12)18-14(21)8-9-15-19-16(20-24-15)13-3-2-10-25-13/h2-7,10,17H,8-9H2,1H3,(H,18,21). The molecule has 0 aliphatic carbocycles. The zero-order valence-electron chi connectivity index (χ0n) is 13.8. The van der Waals surface area contributed by atoms with Crippen LogP contribution in [0.1, 0.15) is 12.3 Å². The summed E-state index contributed by atoms with van der Waals surface area (Å²) in [6.07, 6.45) is 0.485. The van der Waals surface area contributed by atoms with Crippen LogP contribution < -0.4 is 10.0 Å². The van der Waals surface area contributed by atoms with E-state index in [9.17, 15) is 13.2 Å². The van der Waals surface area contributed by atoms with Crippen molar-refractivity contribution in [3.05, 3.63) is 47.7 Å². The molecular weight excluding hydrogens is 376 g/mol. The van der Waals surface area contributed by atoms with E-state index in [0.717, 1.165) is 4.88 Å². The van der Waals surface area contributed by atoms with Crippen LogP contribution in [0.5, 0.6) is 0 Å². The average molecular weight is 392 g/mol. The smallest absolute Gasteiger partial charge is 0.240 e. The first-order valence-corrected chi connectivity index (χ1v) is 10.0. The van der Waals surface area contributed by atoms with Crippen molar-refractivity contribution in [2.45, 2.75) is 17.7 Å². The van der Waals surface area contributed by atoms with E-state index in [2.05, 4.69) is 20.2 Å². The lowest BCUT2D eigenvalue weighted by atomic mass is 10.2. The molecule has 3 rings (SSSR count). The largest absolute Gasteiger partial charge is 0.339 e. The highest BCUT2D eigenvalue weighted by atomic mass is 32.2. The van der Waals surface area contributed by atoms with Crippen molar-refractivity contribution in [1.82, 2.24) is 14.9 Å². The lowest BCUT2D eigenvalue weighted by Crippen LogP contribution is -2.18. The number of aryl methyl sites for hydroxylation is 1. The number of nitrogens with zero attached hydrogens (tertiary/aromatic N) is 2. The Morgan fingerprint density at radius 1 is 1.23 bits per heavy atom. The van der Waals surface area contributed by atoms with E-state index in [1.165, 1.54) is 42.6 Å². The first-order chi connectivity index (χ1) is 12.5. The Kier molecular flexibility index (Phi) is 5.45. The van der Waals surface area contributed by atoms with E-state index in [4.69, 9.17) is 4.52 Å². The van der Waals surface area contributed by atoms with Crippen LogP contribution in [0.25, 0.3) is 10.7 Å². The van der Waals surface area contributed by atoms with Gasteiger partial charge in [-0.05, 0) is 42.8 Å². The van der Waals surface area contributed by atoms with Crippen molar-refractivity contribution in [2.24, 2.45) is 0 Å². The summed E-state index contributed by atoms with van der Waals surface area (Å²) in [5, 5.41) is 8.51. The first-order valence-electron chi connectivity index (χ1n) is 7.68. The van der Waals surface area contributed by atoms with Gasteiger partial charge in [-0.2, -0.15) is 4.98 Å². The van der Waals surface area contributed by atoms with E-state index in [1.807, 2.05) is 17.5 Å². The number of benzene rings is 1. The fraction of sp³-hybridized carbons (Fsp3) is 0.188. The summed E-state index contributed by atoms with van der Waals surface area (Å²) in [7, 11) is -2.16. The topological polar surface area (TPSA) is 114 Å². The van der Waals surface area contributed by atoms with Gasteiger partial charge in [-0.25, -0.2) is 13.1 Å². The minimum absolute atomic E-state index is 0.130. The van der Waals surface area contributed by atoms with Gasteiger partial charge in [-0.15, -0.1) is 11.3 Å². The van der Waals surface area contributed by atoms with Crippen LogP contribution in [0.3, 0.4) is 0 Å². The third kappa shape index (κ3) is 4.34. The van der Waals surface area contributed by atoms with Crippen LogP contribution in [-0.4, -0.2) is 31.5 Å². The van der Waals surface area contributed by atoms with Crippen molar-refractivity contribution < 1.29 is 17.7 Å². The average Bonchev–Trinajstić information content (AvgIpc) is 3.32. The number of thiophene rings is 1. The molecule has 0 aliphatic heterocycles. The predicted molar refractivity (Wildman–Crippen MR) is 97.2 cm³/mol. The van der Waals surface area contributed by atoms with Gasteiger partial charge in [0.1, 0.15) is 0 Å². The maximum Gasteiger partial charge on any atom is 0.240 e. The van der Waals surface area contributed by atoms with Crippen molar-refractivity contribution in [3.8, 4) is 10.7 Å². The maximum absolute atomic E-state index is 12.0. The third-order valence-corrected chi connectivity index (χ3v) is 5.79. The molecule has 0 aliphatic rings. The second kappa shape index (κ2) is 7.77. The van der Waals surface area contributed by atoms with Crippen LogP contribution in [0.4, 0.5) is 5.69 Å². The molecule has 0 bridgehead atoms. The predicted octanol–water partition coefficient (Wildman–Crippen LogP) is 2.28. The van der Waals surface area contributed by atoms with Crippen molar-refractivity contribution >= 4 is 33.0 Å². The van der Waals surface area contributed by atoms with Gasteiger partial charge in [-0.1, -0.05) is 11.2 Å². The van der Waals surface area contributed by atoms with E-state index in [1.54, 1.807) is 0 Å². The monoisotopic (exact) mass is 392 g/mol. The maximum atomic E-state index is 12.0. The Balaban J connectivity index is 1.54. The number of sulfonamides is 1. The van der Waals surface area contributed by atoms with Crippen LogP contribution in [0.2, 0.25) is 0 Å². The number of anilines is 1. The van der Waals surface area contributed by atoms with Gasteiger partial charge in [0.25, 0.3) is 0 Å². The molecule has 0 fully saturated rings. The SMILES string of the molecule is CNS(=O)(=O)c1ccc(NC(=O)CCc2nc(-c3cccs3)no2)cc1. The Hall–Kier alpha value is -2.56. The molecule has 0 spiro atoms. The molecule has 1 aromatic carbocycles. The summed E-state index contributed by atoms with van der Waals surface area (Å²) < 4.78 is 30.7. The summed E-state index contributed by atoms with van der Waals surface area (Å²) >= 11 is 1.51. The fourth-order valence-electron chi connectivity index (χ4n) is 2.14. The molecule has 0 saturated heterocycles. The summed E-state index contributed by atoms with van der Waals surface area (Å²) in [6.45, 7) is 0. The zero-order chi connectivity index (χ0) is 18.6. The Labute approximate surface area is 154 Å². The molecular formula is C16H16N4O4S2. The van der Waals surface area contributed by atoms with Crippen LogP contribution in [-0.2, 0) is 21.2 Å². The zero-order valence-corrected chi connectivity index (χ0v) is 15.4. The fourth-order valence-corrected chi connectivity index (χ4v) is 3.52. The van der Waals surface area contributed by atoms with Gasteiger partial charge in [0.2, 0.25) is 27.6 Å². The number of aromatic nitrogens is 2. The second-order valence-electron chi connectivity index (χ2n) is 5.27. The van der Waals surface area contributed by atoms with Crippen molar-refractivity contribution in [2.75, 3.05) is 12.4 Å². The van der Waals surface area contributed by atoms with E-state index < -0.39 is 10.0 Å². The number of carbonyl (C=O) groups is 1. The van der Waals surface area contributed by atoms with Crippen molar-refractivity contribution in [3.63, 3.8) is 0 Å². The number of hydrogen-bond donors (Lipinski definition) is 2. The molecule has 3 aromatic rings. The molecule has 2 aromatic heterocycles. The molecule has 0 unspecified atom stereocenters. The van der Waals surface area contributed by atoms with E-state index >= 15 is 0 Å². The summed E-state index contributed by atoms with van der Waals surface area (Å²) in [6, 6.07) is 9.70. The summed E-state index contributed by atoms with van der Waals surface area (Å²) in [5.74, 6) is 0.667. The minimum Gasteiger partial charge on any atom is -0.339 e. The molecule has 0 saturated carbocycles. The number of carbonyl (C=O) groups excluding carboxylic acids is 1. The number of nitrogens with one attached hydrogen (secondary N) is 2. The molecule has 136 valence electrons. The molecule has 0 atom stereocenters. The quantitative estimate of drug-likeness (QED) is 0.637. The van der Waals surface area contributed by atoms with Crippen LogP contribution in [0, 0.1) is 0 Å². The molecule has 26 heavy (non-hydrogen) atoms. The van der Waals surface area contributed by atoms with Crippen molar-refractivity contribution in [1.29, 1.82) is 0 Å². The minimum atomic E-state index is -3.50. The lowest BCUT2D eigenvalue weighted by Gasteiger charge is -2.06. The highest BCUT2D eigenvalue weighted by Crippen LogP contribution is 2.21. The van der Waals surface area contributed by atoms with Gasteiger partial charge >= 0.3 is 0 Å². The second-order valence-corrected chi connectivity index (χ2v) is 8.10. The first kappa shape index (κ1) is 18.2. The molecule has 8 nitrogen and oxygen atoms in total. The van der Waals surface area contributed by atoms with Gasteiger partial charge < -0.3 is 9.84 Å². The van der Waals surface area contributed by atoms with Crippen LogP contribution in [0.15, 0.2) is 51.2 Å². The van der Waals surface area contributed by atoms with Gasteiger partial charge in [0.05, 0.1) is 9.77 Å². The highest BCUT2D eigenvalue weighted by molar-refractivity contribution is 7.89. The Bertz CT molecular complexity index is 980. The number of rotatable bonds is 7. The Morgan fingerprint density at radius 2 is 2.00 bits per heavy atom. The normalized spacial score (nSPS) is 11.4. The van der Waals surface area contributed by atoms with Crippen LogP contribution >= 0.6 is 11.3 Å². The highest BCUT2D eigenvalue weighted by Gasteiger charge is 2.13. The Morgan fingerprint density at radius 3 is 2.65 bits per heavy atom. The van der Waals surface area contributed by atoms with Gasteiger partial charge in [-0.3, -0.25) is 4.79 Å². The van der Waals surface area contributed by atoms with E-state index in [-0.39, 0.29) is 17.2 Å². The summed E-state index contributed by atoms with van der Waals surface area (Å²) in [5.41, 5.74) is 0.509. The van der Waals surface area contributed by atoms with E-state index in [0.29, 0.717) is 23.8 Å². The summed E-state index contributed by atoms with van der Waals surface area (Å²) in [4.78, 5) is 17.3. The van der Waals surface area contributed by atoms with Gasteiger partial charge in [0, 0.05) is 18.5 Å². The van der Waals surface area contributed by atoms with Gasteiger partial charge in [0.15, 0.2) is 0 Å². The molecule has 1 amide bonds. The molecule has 2 N–H and O–H groups in total. The lowest BCUT2D eigenvalue weighted by molar-refractivity contribution is -0.116. The third-order valence-electron chi connectivity index (χ3n) is 3.49. The molecule has 2 heterocycles. The molecule has 0 radical (unpaired) electrons. The number of hydrogen-bond acceptors (Lipinski definition) is 7. The molecule has 10 heteroatoms. The number of amides is 1.